The predicted octanol–water partition coefficient (Wildman–Crippen LogP) is 5.62. The lowest BCUT2D eigenvalue weighted by Crippen LogP contribution is -2.08. The van der Waals surface area contributed by atoms with Crippen molar-refractivity contribution in [1.29, 1.82) is 0 Å². The van der Waals surface area contributed by atoms with Gasteiger partial charge in [0.05, 0.1) is 19.4 Å². The Labute approximate surface area is 192 Å². The molecule has 0 unspecified atom stereocenters. The van der Waals surface area contributed by atoms with E-state index in [1.165, 1.54) is 0 Å². The molecule has 1 aromatic heterocycles. The number of aromatic nitrogens is 2. The number of ether oxygens (including phenoxy) is 1. The van der Waals surface area contributed by atoms with Gasteiger partial charge in [-0.05, 0) is 40.8 Å². The van der Waals surface area contributed by atoms with Crippen LogP contribution in [-0.2, 0) is 13.0 Å². The second-order valence-corrected chi connectivity index (χ2v) is 7.74. The third-order valence-electron chi connectivity index (χ3n) is 5.15. The molecule has 4 rings (SSSR count). The third-order valence-corrected chi connectivity index (χ3v) is 5.51. The van der Waals surface area contributed by atoms with Crippen molar-refractivity contribution < 1.29 is 9.84 Å². The van der Waals surface area contributed by atoms with Gasteiger partial charge in [-0.2, -0.15) is 9.97 Å². The number of nitrogens with zero attached hydrogens (tertiary/aromatic N) is 2. The van der Waals surface area contributed by atoms with Gasteiger partial charge in [0.2, 0.25) is 0 Å². The highest BCUT2D eigenvalue weighted by Crippen LogP contribution is 2.27. The van der Waals surface area contributed by atoms with Crippen LogP contribution in [0.15, 0.2) is 78.9 Å². The molecule has 4 aromatic rings. The maximum atomic E-state index is 9.41. The molecule has 0 aliphatic rings. The van der Waals surface area contributed by atoms with Gasteiger partial charge in [0, 0.05) is 23.2 Å². The Bertz CT molecular complexity index is 1200. The molecule has 0 fully saturated rings. The van der Waals surface area contributed by atoms with Crippen LogP contribution in [0.25, 0.3) is 22.4 Å². The highest BCUT2D eigenvalue weighted by atomic mass is 35.5. The number of aliphatic hydroxyl groups excluding tert-OH is 1. The third kappa shape index (κ3) is 5.25. The quantitative estimate of drug-likeness (QED) is 0.368. The van der Waals surface area contributed by atoms with E-state index in [1.54, 1.807) is 7.11 Å². The second-order valence-electron chi connectivity index (χ2n) is 7.33. The molecule has 0 aliphatic carbocycles. The Morgan fingerprint density at radius 1 is 0.875 bits per heavy atom. The van der Waals surface area contributed by atoms with Crippen molar-refractivity contribution in [3.05, 3.63) is 95.0 Å². The first-order valence-corrected chi connectivity index (χ1v) is 10.7. The highest BCUT2D eigenvalue weighted by molar-refractivity contribution is 6.31. The summed E-state index contributed by atoms with van der Waals surface area (Å²) in [4.78, 5) is 8.84. The molecule has 0 radical (unpaired) electrons. The highest BCUT2D eigenvalue weighted by Gasteiger charge is 2.09. The summed E-state index contributed by atoms with van der Waals surface area (Å²) >= 11 is 6.55. The summed E-state index contributed by atoms with van der Waals surface area (Å²) in [7, 11) is 1.54. The van der Waals surface area contributed by atoms with Gasteiger partial charge in [-0.3, -0.25) is 0 Å². The Kier molecular flexibility index (Phi) is 7.00. The standard InChI is InChI=1S/C26H24ClN3O2/c1-32-26-29-24(22-9-5-6-18(14-22)17-31)16-25(30-26)28-13-12-20-10-11-21(15-23(20)27)19-7-3-2-4-8-19/h2-11,14-16,31H,12-13,17H2,1H3,(H,28,29,30). The van der Waals surface area contributed by atoms with Crippen LogP contribution in [0.2, 0.25) is 5.02 Å². The molecule has 0 aliphatic heterocycles. The van der Waals surface area contributed by atoms with E-state index in [-0.39, 0.29) is 12.6 Å². The minimum Gasteiger partial charge on any atom is -0.467 e. The van der Waals surface area contributed by atoms with Crippen molar-refractivity contribution in [3.8, 4) is 28.4 Å². The number of nitrogens with one attached hydrogen (secondary N) is 1. The van der Waals surface area contributed by atoms with Gasteiger partial charge in [0.1, 0.15) is 5.82 Å². The molecule has 5 nitrogen and oxygen atoms in total. The van der Waals surface area contributed by atoms with E-state index in [0.29, 0.717) is 12.4 Å². The van der Waals surface area contributed by atoms with Crippen molar-refractivity contribution >= 4 is 17.4 Å². The Hall–Kier alpha value is -3.41. The Balaban J connectivity index is 1.47. The van der Waals surface area contributed by atoms with E-state index in [4.69, 9.17) is 16.3 Å². The van der Waals surface area contributed by atoms with E-state index >= 15 is 0 Å². The topological polar surface area (TPSA) is 67.3 Å². The number of benzene rings is 3. The van der Waals surface area contributed by atoms with Crippen molar-refractivity contribution in [1.82, 2.24) is 9.97 Å². The summed E-state index contributed by atoms with van der Waals surface area (Å²) in [5.41, 5.74) is 5.74. The van der Waals surface area contributed by atoms with Crippen LogP contribution in [-0.4, -0.2) is 28.7 Å². The van der Waals surface area contributed by atoms with Crippen molar-refractivity contribution in [2.45, 2.75) is 13.0 Å². The van der Waals surface area contributed by atoms with Crippen LogP contribution in [0.4, 0.5) is 5.82 Å². The van der Waals surface area contributed by atoms with Crippen LogP contribution in [0.5, 0.6) is 6.01 Å². The van der Waals surface area contributed by atoms with Crippen molar-refractivity contribution in [2.24, 2.45) is 0 Å². The Morgan fingerprint density at radius 3 is 2.44 bits per heavy atom. The zero-order chi connectivity index (χ0) is 22.3. The van der Waals surface area contributed by atoms with Crippen molar-refractivity contribution in [2.75, 3.05) is 19.0 Å². The van der Waals surface area contributed by atoms with E-state index < -0.39 is 0 Å². The molecule has 1 heterocycles. The predicted molar refractivity (Wildman–Crippen MR) is 129 cm³/mol. The molecule has 0 saturated heterocycles. The molecular formula is C26H24ClN3O2. The van der Waals surface area contributed by atoms with Gasteiger partial charge in [-0.15, -0.1) is 0 Å². The maximum absolute atomic E-state index is 9.41. The number of halogens is 1. The van der Waals surface area contributed by atoms with Gasteiger partial charge in [0.25, 0.3) is 0 Å². The first-order valence-electron chi connectivity index (χ1n) is 10.4. The number of hydrogen-bond acceptors (Lipinski definition) is 5. The monoisotopic (exact) mass is 445 g/mol. The zero-order valence-electron chi connectivity index (χ0n) is 17.8. The summed E-state index contributed by atoms with van der Waals surface area (Å²) < 4.78 is 5.28. The largest absolute Gasteiger partial charge is 0.467 e. The maximum Gasteiger partial charge on any atom is 0.318 e. The summed E-state index contributed by atoms with van der Waals surface area (Å²) in [6.45, 7) is 0.631. The molecule has 0 amide bonds. The van der Waals surface area contributed by atoms with Crippen LogP contribution in [0, 0.1) is 0 Å². The number of methoxy groups -OCH3 is 1. The average molecular weight is 446 g/mol. The fourth-order valence-corrected chi connectivity index (χ4v) is 3.74. The molecule has 0 spiro atoms. The lowest BCUT2D eigenvalue weighted by atomic mass is 10.0. The van der Waals surface area contributed by atoms with Gasteiger partial charge in [0.15, 0.2) is 0 Å². The molecule has 6 heteroatoms. The minimum absolute atomic E-state index is 0.0228. The van der Waals surface area contributed by atoms with Crippen LogP contribution in [0.3, 0.4) is 0 Å². The van der Waals surface area contributed by atoms with Crippen LogP contribution >= 0.6 is 11.6 Å². The number of anilines is 1. The van der Waals surface area contributed by atoms with Gasteiger partial charge < -0.3 is 15.2 Å². The fourth-order valence-electron chi connectivity index (χ4n) is 3.47. The first-order chi connectivity index (χ1) is 15.7. The summed E-state index contributed by atoms with van der Waals surface area (Å²) in [5, 5.41) is 13.5. The van der Waals surface area contributed by atoms with E-state index in [0.717, 1.165) is 45.0 Å². The van der Waals surface area contributed by atoms with E-state index in [1.807, 2.05) is 54.6 Å². The molecule has 0 saturated carbocycles. The van der Waals surface area contributed by atoms with Crippen LogP contribution < -0.4 is 10.1 Å². The number of rotatable bonds is 8. The normalized spacial score (nSPS) is 10.7. The lowest BCUT2D eigenvalue weighted by molar-refractivity contribution is 0.282. The SMILES string of the molecule is COc1nc(NCCc2ccc(-c3ccccc3)cc2Cl)cc(-c2cccc(CO)c2)n1. The summed E-state index contributed by atoms with van der Waals surface area (Å²) in [6, 6.07) is 26.1. The van der Waals surface area contributed by atoms with E-state index in [2.05, 4.69) is 39.6 Å². The molecule has 32 heavy (non-hydrogen) atoms. The molecule has 3 aromatic carbocycles. The fraction of sp³-hybridized carbons (Fsp3) is 0.154. The Morgan fingerprint density at radius 2 is 1.69 bits per heavy atom. The molecule has 0 atom stereocenters. The van der Waals surface area contributed by atoms with Gasteiger partial charge in [-0.1, -0.05) is 72.3 Å². The minimum atomic E-state index is -0.0228. The molecule has 2 N–H and O–H groups in total. The number of hydrogen-bond donors (Lipinski definition) is 2. The zero-order valence-corrected chi connectivity index (χ0v) is 18.5. The summed E-state index contributed by atoms with van der Waals surface area (Å²) in [5.74, 6) is 0.665. The van der Waals surface area contributed by atoms with Crippen LogP contribution in [0.1, 0.15) is 11.1 Å². The lowest BCUT2D eigenvalue weighted by Gasteiger charge is -2.11. The smallest absolute Gasteiger partial charge is 0.318 e. The second kappa shape index (κ2) is 10.3. The van der Waals surface area contributed by atoms with E-state index in [9.17, 15) is 5.11 Å². The van der Waals surface area contributed by atoms with Crippen molar-refractivity contribution in [3.63, 3.8) is 0 Å². The van der Waals surface area contributed by atoms with Gasteiger partial charge in [-0.25, -0.2) is 0 Å². The summed E-state index contributed by atoms with van der Waals surface area (Å²) in [6.07, 6.45) is 0.746. The molecular weight excluding hydrogens is 422 g/mol. The number of aliphatic hydroxyl groups is 1. The average Bonchev–Trinajstić information content (AvgIpc) is 2.85. The molecule has 162 valence electrons. The first kappa shape index (κ1) is 21.8. The van der Waals surface area contributed by atoms with Gasteiger partial charge >= 0.3 is 6.01 Å². The molecule has 0 bridgehead atoms.